The van der Waals surface area contributed by atoms with Gasteiger partial charge in [-0.15, -0.1) is 0 Å². The average molecular weight is 257 g/mol. The maximum atomic E-state index is 13.6. The number of hydrogen-bond donors (Lipinski definition) is 1. The maximum absolute atomic E-state index is 13.6. The van der Waals surface area contributed by atoms with Crippen molar-refractivity contribution in [2.75, 3.05) is 0 Å². The van der Waals surface area contributed by atoms with Crippen LogP contribution in [0, 0.1) is 12.7 Å². The minimum atomic E-state index is -1.94. The number of aryl methyl sites for hydroxylation is 1. The fourth-order valence-corrected chi connectivity index (χ4v) is 2.13. The van der Waals surface area contributed by atoms with Gasteiger partial charge in [0.25, 0.3) is 8.32 Å². The summed E-state index contributed by atoms with van der Waals surface area (Å²) in [7, 11) is -1.94. The Bertz CT molecular complexity index is 385. The van der Waals surface area contributed by atoms with Gasteiger partial charge in [-0.3, -0.25) is 0 Å². The highest BCUT2D eigenvalue weighted by Gasteiger charge is 2.39. The third-order valence-corrected chi connectivity index (χ3v) is 7.60. The Labute approximate surface area is 105 Å². The van der Waals surface area contributed by atoms with Gasteiger partial charge in [-0.1, -0.05) is 26.8 Å². The number of hydrogen-bond acceptors (Lipinski definition) is 2. The molecule has 4 heteroatoms. The number of benzene rings is 1. The Morgan fingerprint density at radius 2 is 1.71 bits per heavy atom. The van der Waals surface area contributed by atoms with Gasteiger partial charge in [0.15, 0.2) is 5.82 Å². The highest BCUT2D eigenvalue weighted by atomic mass is 28.4. The molecule has 0 fully saturated rings. The Kier molecular flexibility index (Phi) is 4.92. The fourth-order valence-electron chi connectivity index (χ4n) is 1.12. The van der Waals surface area contributed by atoms with Crippen LogP contribution in [0.25, 0.3) is 0 Å². The lowest BCUT2D eigenvalue weighted by atomic mass is 10.2. The van der Waals surface area contributed by atoms with E-state index in [1.807, 2.05) is 6.92 Å². The third kappa shape index (κ3) is 3.82. The first-order valence-electron chi connectivity index (χ1n) is 5.59. The van der Waals surface area contributed by atoms with Gasteiger partial charge in [0.2, 0.25) is 0 Å². The normalized spacial score (nSPS) is 11.9. The lowest BCUT2D eigenvalue weighted by molar-refractivity contribution is 0.456. The largest absolute Gasteiger partial charge is 0.542 e. The van der Waals surface area contributed by atoms with Crippen molar-refractivity contribution in [3.05, 3.63) is 29.6 Å². The molecule has 1 aromatic rings. The van der Waals surface area contributed by atoms with E-state index in [9.17, 15) is 4.39 Å². The molecule has 1 rings (SSSR count). The second kappa shape index (κ2) is 5.19. The van der Waals surface area contributed by atoms with Gasteiger partial charge in [0.1, 0.15) is 5.75 Å². The Morgan fingerprint density at radius 3 is 2.18 bits per heavy atom. The van der Waals surface area contributed by atoms with E-state index in [4.69, 9.17) is 4.43 Å². The van der Waals surface area contributed by atoms with E-state index in [0.29, 0.717) is 5.75 Å². The van der Waals surface area contributed by atoms with Crippen LogP contribution >= 0.6 is 0 Å². The van der Waals surface area contributed by atoms with E-state index in [1.54, 1.807) is 12.1 Å². The minimum absolute atomic E-state index is 0. The van der Waals surface area contributed by atoms with Crippen molar-refractivity contribution >= 4 is 8.32 Å². The summed E-state index contributed by atoms with van der Waals surface area (Å²) < 4.78 is 19.5. The molecule has 0 saturated carbocycles. The molecule has 0 saturated heterocycles. The van der Waals surface area contributed by atoms with Crippen LogP contribution in [0.4, 0.5) is 4.39 Å². The molecule has 17 heavy (non-hydrogen) atoms. The van der Waals surface area contributed by atoms with Crippen molar-refractivity contribution in [3.63, 3.8) is 0 Å². The van der Waals surface area contributed by atoms with Crippen LogP contribution in [0.1, 0.15) is 26.3 Å². The fraction of sp³-hybridized carbons (Fsp3) is 0.538. The molecule has 0 aromatic heterocycles. The summed E-state index contributed by atoms with van der Waals surface area (Å²) in [5.41, 5.74) is 1.02. The molecule has 0 spiro atoms. The van der Waals surface area contributed by atoms with Crippen molar-refractivity contribution in [2.45, 2.75) is 45.8 Å². The SMILES string of the molecule is Cc1ccc(F)c(O[Si](C)(C)C(C)(C)C)c1.N. The van der Waals surface area contributed by atoms with Gasteiger partial charge in [0.05, 0.1) is 0 Å². The molecule has 1 aromatic carbocycles. The van der Waals surface area contributed by atoms with E-state index < -0.39 is 8.32 Å². The van der Waals surface area contributed by atoms with Crippen LogP contribution < -0.4 is 10.6 Å². The summed E-state index contributed by atoms with van der Waals surface area (Å²) in [6, 6.07) is 5.00. The Hall–Kier alpha value is -0.873. The first-order valence-corrected chi connectivity index (χ1v) is 8.49. The van der Waals surface area contributed by atoms with Gasteiger partial charge in [-0.05, 0) is 42.8 Å². The van der Waals surface area contributed by atoms with Crippen LogP contribution in [0.2, 0.25) is 18.1 Å². The van der Waals surface area contributed by atoms with Crippen molar-refractivity contribution in [3.8, 4) is 5.75 Å². The molecule has 98 valence electrons. The van der Waals surface area contributed by atoms with Gasteiger partial charge in [0, 0.05) is 0 Å². The third-order valence-electron chi connectivity index (χ3n) is 3.26. The highest BCUT2D eigenvalue weighted by molar-refractivity contribution is 6.74. The van der Waals surface area contributed by atoms with Crippen LogP contribution in [-0.2, 0) is 0 Å². The lowest BCUT2D eigenvalue weighted by Crippen LogP contribution is -2.44. The average Bonchev–Trinajstić information content (AvgIpc) is 2.09. The van der Waals surface area contributed by atoms with Crippen molar-refractivity contribution in [2.24, 2.45) is 0 Å². The zero-order chi connectivity index (χ0) is 12.6. The van der Waals surface area contributed by atoms with Crippen LogP contribution in [0.3, 0.4) is 0 Å². The standard InChI is InChI=1S/C13H21FOSi.H3N/c1-10-7-8-11(14)12(9-10)15-16(5,6)13(2,3)4;/h7-9H,1-6H3;1H3. The van der Waals surface area contributed by atoms with E-state index in [0.717, 1.165) is 5.56 Å². The summed E-state index contributed by atoms with van der Waals surface area (Å²) in [6.07, 6.45) is 0. The van der Waals surface area contributed by atoms with Crippen molar-refractivity contribution in [1.82, 2.24) is 6.15 Å². The van der Waals surface area contributed by atoms with E-state index >= 15 is 0 Å². The maximum Gasteiger partial charge on any atom is 0.250 e. The van der Waals surface area contributed by atoms with Gasteiger partial charge >= 0.3 is 0 Å². The summed E-state index contributed by atoms with van der Waals surface area (Å²) in [5, 5.41) is 0.0865. The zero-order valence-corrected chi connectivity index (χ0v) is 12.7. The van der Waals surface area contributed by atoms with E-state index in [2.05, 4.69) is 33.9 Å². The monoisotopic (exact) mass is 257 g/mol. The van der Waals surface area contributed by atoms with E-state index in [1.165, 1.54) is 6.07 Å². The van der Waals surface area contributed by atoms with Crippen molar-refractivity contribution < 1.29 is 8.82 Å². The molecule has 0 aliphatic heterocycles. The molecule has 0 aliphatic rings. The Morgan fingerprint density at radius 1 is 1.18 bits per heavy atom. The lowest BCUT2D eigenvalue weighted by Gasteiger charge is -2.36. The molecular weight excluding hydrogens is 233 g/mol. The molecule has 0 heterocycles. The number of rotatable bonds is 2. The summed E-state index contributed by atoms with van der Waals surface area (Å²) >= 11 is 0. The quantitative estimate of drug-likeness (QED) is 0.782. The highest BCUT2D eigenvalue weighted by Crippen LogP contribution is 2.38. The molecule has 0 amide bonds. The second-order valence-corrected chi connectivity index (χ2v) is 10.5. The van der Waals surface area contributed by atoms with Gasteiger partial charge in [-0.2, -0.15) is 0 Å². The first-order chi connectivity index (χ1) is 7.13. The predicted octanol–water partition coefficient (Wildman–Crippen LogP) is 4.68. The molecule has 0 unspecified atom stereocenters. The second-order valence-electron chi connectivity index (χ2n) is 5.80. The smallest absolute Gasteiger partial charge is 0.250 e. The zero-order valence-electron chi connectivity index (χ0n) is 11.7. The minimum Gasteiger partial charge on any atom is -0.542 e. The molecule has 0 radical (unpaired) electrons. The Balaban J connectivity index is 0.00000256. The number of halogens is 1. The first kappa shape index (κ1) is 16.1. The molecule has 2 nitrogen and oxygen atoms in total. The topological polar surface area (TPSA) is 44.2 Å². The predicted molar refractivity (Wildman–Crippen MR) is 74.0 cm³/mol. The van der Waals surface area contributed by atoms with Crippen LogP contribution in [0.5, 0.6) is 5.75 Å². The molecule has 3 N–H and O–H groups in total. The molecule has 0 bridgehead atoms. The molecular formula is C13H24FNOSi. The summed E-state index contributed by atoms with van der Waals surface area (Å²) in [4.78, 5) is 0. The van der Waals surface area contributed by atoms with Gasteiger partial charge in [-0.25, -0.2) is 4.39 Å². The molecule has 0 atom stereocenters. The van der Waals surface area contributed by atoms with Crippen molar-refractivity contribution in [1.29, 1.82) is 0 Å². The van der Waals surface area contributed by atoms with E-state index in [-0.39, 0.29) is 17.0 Å². The van der Waals surface area contributed by atoms with Gasteiger partial charge < -0.3 is 10.6 Å². The summed E-state index contributed by atoms with van der Waals surface area (Å²) in [6.45, 7) is 12.6. The molecule has 0 aliphatic carbocycles. The van der Waals surface area contributed by atoms with Crippen LogP contribution in [0.15, 0.2) is 18.2 Å². The van der Waals surface area contributed by atoms with Crippen LogP contribution in [-0.4, -0.2) is 8.32 Å². The summed E-state index contributed by atoms with van der Waals surface area (Å²) in [5.74, 6) is 0.127.